The van der Waals surface area contributed by atoms with Crippen molar-refractivity contribution in [3.05, 3.63) is 58.1 Å². The summed E-state index contributed by atoms with van der Waals surface area (Å²) in [6.07, 6.45) is 3.03. The number of rotatable bonds is 4. The van der Waals surface area contributed by atoms with E-state index in [1.807, 2.05) is 6.92 Å². The molecule has 6 heteroatoms. The maximum Gasteiger partial charge on any atom is 0.244 e. The fourth-order valence-electron chi connectivity index (χ4n) is 1.85. The number of carbonyl (C=O) groups is 1. The fourth-order valence-corrected chi connectivity index (χ4v) is 2.08. The first-order chi connectivity index (χ1) is 9.97. The van der Waals surface area contributed by atoms with E-state index in [2.05, 4.69) is 10.4 Å². The highest BCUT2D eigenvalue weighted by molar-refractivity contribution is 6.31. The van der Waals surface area contributed by atoms with Crippen molar-refractivity contribution in [3.63, 3.8) is 0 Å². The van der Waals surface area contributed by atoms with Crippen LogP contribution in [0.4, 0.5) is 4.39 Å². The molecular weight excluding hydrogens is 293 g/mol. The quantitative estimate of drug-likeness (QED) is 0.883. The Bertz CT molecular complexity index is 677. The van der Waals surface area contributed by atoms with E-state index in [0.29, 0.717) is 11.7 Å². The summed E-state index contributed by atoms with van der Waals surface area (Å²) < 4.78 is 14.3. The van der Waals surface area contributed by atoms with Crippen molar-refractivity contribution in [2.75, 3.05) is 0 Å². The van der Waals surface area contributed by atoms with Crippen molar-refractivity contribution < 1.29 is 9.18 Å². The first kappa shape index (κ1) is 15.3. The molecule has 1 N–H and O–H groups in total. The Morgan fingerprint density at radius 2 is 2.10 bits per heavy atom. The number of hydrogen-bond acceptors (Lipinski definition) is 2. The van der Waals surface area contributed by atoms with Gasteiger partial charge in [0.1, 0.15) is 11.0 Å². The first-order valence-electron chi connectivity index (χ1n) is 6.37. The summed E-state index contributed by atoms with van der Waals surface area (Å²) in [5.74, 6) is -0.551. The third-order valence-electron chi connectivity index (χ3n) is 2.98. The predicted molar refractivity (Wildman–Crippen MR) is 80.2 cm³/mol. The lowest BCUT2D eigenvalue weighted by molar-refractivity contribution is -0.116. The van der Waals surface area contributed by atoms with Gasteiger partial charge >= 0.3 is 0 Å². The highest BCUT2D eigenvalue weighted by Gasteiger charge is 2.08. The smallest absolute Gasteiger partial charge is 0.244 e. The molecule has 0 aliphatic carbocycles. The molecule has 2 rings (SSSR count). The molecule has 21 heavy (non-hydrogen) atoms. The molecule has 0 aliphatic rings. The van der Waals surface area contributed by atoms with Crippen LogP contribution in [-0.4, -0.2) is 15.7 Å². The molecule has 0 spiro atoms. The summed E-state index contributed by atoms with van der Waals surface area (Å²) in [7, 11) is 1.74. The van der Waals surface area contributed by atoms with E-state index in [0.717, 1.165) is 16.8 Å². The fraction of sp³-hybridized carbons (Fsp3) is 0.200. The zero-order chi connectivity index (χ0) is 15.4. The number of nitrogens with zero attached hydrogens (tertiary/aromatic N) is 2. The lowest BCUT2D eigenvalue weighted by Gasteiger charge is -2.02. The number of carbonyl (C=O) groups excluding carboxylic acids is 1. The summed E-state index contributed by atoms with van der Waals surface area (Å²) in [4.78, 5) is 11.7. The van der Waals surface area contributed by atoms with Crippen LogP contribution in [0, 0.1) is 12.7 Å². The minimum atomic E-state index is -0.299. The molecule has 1 heterocycles. The molecule has 0 fully saturated rings. The number of aromatic nitrogens is 2. The minimum Gasteiger partial charge on any atom is -0.348 e. The largest absolute Gasteiger partial charge is 0.348 e. The second kappa shape index (κ2) is 6.54. The number of halogens is 2. The lowest BCUT2D eigenvalue weighted by Crippen LogP contribution is -2.20. The predicted octanol–water partition coefficient (Wildman–Crippen LogP) is 2.85. The van der Waals surface area contributed by atoms with Crippen molar-refractivity contribution in [1.29, 1.82) is 0 Å². The van der Waals surface area contributed by atoms with E-state index < -0.39 is 0 Å². The monoisotopic (exact) mass is 307 g/mol. The molecule has 0 bridgehead atoms. The average molecular weight is 308 g/mol. The average Bonchev–Trinajstić information content (AvgIpc) is 2.69. The zero-order valence-corrected chi connectivity index (χ0v) is 12.5. The number of hydrogen-bond donors (Lipinski definition) is 1. The SMILES string of the molecule is Cc1nn(C)c(Cl)c1/C=C/C(=O)NCc1ccc(F)cc1. The van der Waals surface area contributed by atoms with Gasteiger partial charge in [-0.2, -0.15) is 5.10 Å². The molecule has 0 saturated carbocycles. The maximum atomic E-state index is 12.8. The Kier molecular flexibility index (Phi) is 4.75. The summed E-state index contributed by atoms with van der Waals surface area (Å²) in [6, 6.07) is 5.97. The Morgan fingerprint density at radius 3 is 2.67 bits per heavy atom. The van der Waals surface area contributed by atoms with E-state index in [1.54, 1.807) is 29.9 Å². The highest BCUT2D eigenvalue weighted by atomic mass is 35.5. The van der Waals surface area contributed by atoms with Crippen LogP contribution in [0.1, 0.15) is 16.8 Å². The van der Waals surface area contributed by atoms with E-state index in [9.17, 15) is 9.18 Å². The lowest BCUT2D eigenvalue weighted by atomic mass is 10.2. The van der Waals surface area contributed by atoms with E-state index in [-0.39, 0.29) is 11.7 Å². The van der Waals surface area contributed by atoms with Crippen LogP contribution in [-0.2, 0) is 18.4 Å². The molecule has 0 unspecified atom stereocenters. The number of amides is 1. The van der Waals surface area contributed by atoms with Crippen LogP contribution in [0.25, 0.3) is 6.08 Å². The van der Waals surface area contributed by atoms with Crippen molar-refractivity contribution in [2.24, 2.45) is 7.05 Å². The minimum absolute atomic E-state index is 0.251. The van der Waals surface area contributed by atoms with Crippen LogP contribution < -0.4 is 5.32 Å². The summed E-state index contributed by atoms with van der Waals surface area (Å²) in [6.45, 7) is 2.16. The van der Waals surface area contributed by atoms with Gasteiger partial charge < -0.3 is 5.32 Å². The van der Waals surface area contributed by atoms with Crippen molar-refractivity contribution in [1.82, 2.24) is 15.1 Å². The molecule has 110 valence electrons. The van der Waals surface area contributed by atoms with Crippen LogP contribution in [0.15, 0.2) is 30.3 Å². The van der Waals surface area contributed by atoms with Gasteiger partial charge in [-0.15, -0.1) is 0 Å². The third-order valence-corrected chi connectivity index (χ3v) is 3.43. The van der Waals surface area contributed by atoms with Gasteiger partial charge in [0.05, 0.1) is 5.69 Å². The molecule has 1 aromatic heterocycles. The van der Waals surface area contributed by atoms with Gasteiger partial charge in [0.25, 0.3) is 0 Å². The summed E-state index contributed by atoms with van der Waals surface area (Å²) in [5, 5.41) is 7.35. The second-order valence-electron chi connectivity index (χ2n) is 4.59. The van der Waals surface area contributed by atoms with Crippen LogP contribution in [0.2, 0.25) is 5.15 Å². The van der Waals surface area contributed by atoms with Crippen LogP contribution in [0.3, 0.4) is 0 Å². The zero-order valence-electron chi connectivity index (χ0n) is 11.7. The molecule has 2 aromatic rings. The molecule has 1 aromatic carbocycles. The van der Waals surface area contributed by atoms with Gasteiger partial charge in [-0.25, -0.2) is 4.39 Å². The van der Waals surface area contributed by atoms with Gasteiger partial charge in [0.2, 0.25) is 5.91 Å². The van der Waals surface area contributed by atoms with Crippen LogP contribution in [0.5, 0.6) is 0 Å². The van der Waals surface area contributed by atoms with E-state index in [1.165, 1.54) is 18.2 Å². The Morgan fingerprint density at radius 1 is 1.43 bits per heavy atom. The number of benzene rings is 1. The van der Waals surface area contributed by atoms with E-state index >= 15 is 0 Å². The van der Waals surface area contributed by atoms with Gasteiger partial charge in [-0.05, 0) is 30.7 Å². The molecule has 0 saturated heterocycles. The maximum absolute atomic E-state index is 12.8. The molecule has 4 nitrogen and oxygen atoms in total. The van der Waals surface area contributed by atoms with Gasteiger partial charge in [-0.3, -0.25) is 9.48 Å². The number of aryl methyl sites for hydroxylation is 2. The normalized spacial score (nSPS) is 11.0. The topological polar surface area (TPSA) is 46.9 Å². The molecule has 0 radical (unpaired) electrons. The third kappa shape index (κ3) is 3.92. The molecule has 0 aliphatic heterocycles. The molecule has 0 atom stereocenters. The Hall–Kier alpha value is -2.14. The Labute approximate surface area is 127 Å². The van der Waals surface area contributed by atoms with Gasteiger partial charge in [0, 0.05) is 25.2 Å². The van der Waals surface area contributed by atoms with Crippen LogP contribution >= 0.6 is 11.6 Å². The summed E-state index contributed by atoms with van der Waals surface area (Å²) >= 11 is 6.07. The van der Waals surface area contributed by atoms with E-state index in [4.69, 9.17) is 11.6 Å². The molecule has 1 amide bonds. The first-order valence-corrected chi connectivity index (χ1v) is 6.74. The summed E-state index contributed by atoms with van der Waals surface area (Å²) in [5.41, 5.74) is 2.30. The van der Waals surface area contributed by atoms with Crippen molar-refractivity contribution in [2.45, 2.75) is 13.5 Å². The van der Waals surface area contributed by atoms with Crippen molar-refractivity contribution in [3.8, 4) is 0 Å². The highest BCUT2D eigenvalue weighted by Crippen LogP contribution is 2.19. The number of nitrogens with one attached hydrogen (secondary N) is 1. The van der Waals surface area contributed by atoms with Gasteiger partial charge in [0.15, 0.2) is 0 Å². The van der Waals surface area contributed by atoms with Gasteiger partial charge in [-0.1, -0.05) is 23.7 Å². The molecular formula is C15H15ClFN3O. The Balaban J connectivity index is 1.95. The standard InChI is InChI=1S/C15H15ClFN3O/c1-10-13(15(16)20(2)19-10)7-8-14(21)18-9-11-3-5-12(17)6-4-11/h3-8H,9H2,1-2H3,(H,18,21)/b8-7+. The van der Waals surface area contributed by atoms with Crippen molar-refractivity contribution >= 4 is 23.6 Å². The second-order valence-corrected chi connectivity index (χ2v) is 4.95.